The summed E-state index contributed by atoms with van der Waals surface area (Å²) in [5.41, 5.74) is 5.34. The van der Waals surface area contributed by atoms with E-state index in [2.05, 4.69) is 36.0 Å². The van der Waals surface area contributed by atoms with Crippen LogP contribution >= 0.6 is 0 Å². The van der Waals surface area contributed by atoms with Crippen LogP contribution in [0.5, 0.6) is 0 Å². The van der Waals surface area contributed by atoms with Gasteiger partial charge in [-0.05, 0) is 33.8 Å². The van der Waals surface area contributed by atoms with Gasteiger partial charge in [-0.3, -0.25) is 0 Å². The maximum atomic E-state index is 4.25. The van der Waals surface area contributed by atoms with Crippen LogP contribution in [0.3, 0.4) is 0 Å². The number of nitrogens with one attached hydrogen (secondary N) is 1. The summed E-state index contributed by atoms with van der Waals surface area (Å²) in [4.78, 5) is 0. The van der Waals surface area contributed by atoms with E-state index in [0.717, 1.165) is 17.1 Å². The predicted molar refractivity (Wildman–Crippen MR) is 66.6 cm³/mol. The first kappa shape index (κ1) is 12.1. The lowest BCUT2D eigenvalue weighted by molar-refractivity contribution is 0.711. The first-order valence-electron chi connectivity index (χ1n) is 5.44. The van der Waals surface area contributed by atoms with Gasteiger partial charge in [-0.1, -0.05) is 0 Å². The van der Waals surface area contributed by atoms with Crippen molar-refractivity contribution in [3.8, 4) is 5.95 Å². The van der Waals surface area contributed by atoms with Gasteiger partial charge in [0.25, 0.3) is 11.9 Å². The van der Waals surface area contributed by atoms with Crippen LogP contribution in [-0.2, 0) is 0 Å². The van der Waals surface area contributed by atoms with Gasteiger partial charge in [0, 0.05) is 11.4 Å². The topological polar surface area (TPSA) is 93.8 Å². The average molecular weight is 246 g/mol. The molecule has 0 amide bonds. The minimum absolute atomic E-state index is 0.251. The van der Waals surface area contributed by atoms with Crippen LogP contribution < -0.4 is 5.43 Å². The molecular formula is C10H14N8. The molecule has 0 fully saturated rings. The van der Waals surface area contributed by atoms with Gasteiger partial charge in [0.2, 0.25) is 0 Å². The fraction of sp³-hybridized carbons (Fsp3) is 0.400. The van der Waals surface area contributed by atoms with Crippen molar-refractivity contribution in [2.24, 2.45) is 5.10 Å². The monoisotopic (exact) mass is 246 g/mol. The number of aryl methyl sites for hydroxylation is 2. The van der Waals surface area contributed by atoms with Crippen molar-refractivity contribution in [2.75, 3.05) is 5.43 Å². The van der Waals surface area contributed by atoms with E-state index < -0.39 is 0 Å². The van der Waals surface area contributed by atoms with Gasteiger partial charge < -0.3 is 0 Å². The van der Waals surface area contributed by atoms with Gasteiger partial charge in [-0.25, -0.2) is 10.1 Å². The van der Waals surface area contributed by atoms with Gasteiger partial charge >= 0.3 is 0 Å². The second-order valence-electron chi connectivity index (χ2n) is 4.03. The summed E-state index contributed by atoms with van der Waals surface area (Å²) in [5.74, 6) is 0.588. The van der Waals surface area contributed by atoms with Crippen LogP contribution in [0.25, 0.3) is 5.95 Å². The summed E-state index contributed by atoms with van der Waals surface area (Å²) in [6.07, 6.45) is 0. The van der Waals surface area contributed by atoms with Gasteiger partial charge in [-0.15, -0.1) is 20.4 Å². The lowest BCUT2D eigenvalue weighted by Gasteiger charge is -2.01. The molecule has 1 N–H and O–H groups in total. The van der Waals surface area contributed by atoms with Crippen molar-refractivity contribution in [3.63, 3.8) is 0 Å². The summed E-state index contributed by atoms with van der Waals surface area (Å²) in [7, 11) is 0. The maximum absolute atomic E-state index is 4.25. The Hall–Kier alpha value is -2.38. The quantitative estimate of drug-likeness (QED) is 0.638. The summed E-state index contributed by atoms with van der Waals surface area (Å²) < 4.78 is 1.59. The second kappa shape index (κ2) is 4.86. The molecule has 0 bridgehead atoms. The van der Waals surface area contributed by atoms with E-state index in [9.17, 15) is 0 Å². The lowest BCUT2D eigenvalue weighted by Crippen LogP contribution is -2.10. The van der Waals surface area contributed by atoms with E-state index >= 15 is 0 Å². The Balaban J connectivity index is 2.22. The van der Waals surface area contributed by atoms with Crippen LogP contribution in [0.2, 0.25) is 0 Å². The predicted octanol–water partition coefficient (Wildman–Crippen LogP) is 0.877. The van der Waals surface area contributed by atoms with E-state index in [1.54, 1.807) is 4.68 Å². The number of aromatic nitrogens is 6. The van der Waals surface area contributed by atoms with Crippen LogP contribution in [0.4, 0.5) is 5.95 Å². The fourth-order valence-electron chi connectivity index (χ4n) is 1.35. The molecule has 0 saturated heterocycles. The minimum Gasteiger partial charge on any atom is -0.243 e. The third-order valence-corrected chi connectivity index (χ3v) is 2.05. The molecule has 0 aromatic carbocycles. The first-order chi connectivity index (χ1) is 8.56. The number of hydrogen-bond acceptors (Lipinski definition) is 7. The summed E-state index contributed by atoms with van der Waals surface area (Å²) in [6.45, 7) is 7.54. The molecule has 94 valence electrons. The van der Waals surface area contributed by atoms with E-state index in [1.165, 1.54) is 0 Å². The molecule has 2 rings (SSSR count). The molecule has 0 atom stereocenters. The largest absolute Gasteiger partial charge is 0.289 e. The van der Waals surface area contributed by atoms with E-state index in [1.807, 2.05) is 33.8 Å². The first-order valence-corrected chi connectivity index (χ1v) is 5.44. The number of nitrogens with zero attached hydrogens (tertiary/aromatic N) is 7. The molecule has 2 heterocycles. The molecule has 0 spiro atoms. The third kappa shape index (κ3) is 2.65. The Labute approximate surface area is 104 Å². The Bertz CT molecular complexity index is 564. The SMILES string of the molecule is CC(C)=NNc1nnc(-n2nc(C)cc2C)nn1. The van der Waals surface area contributed by atoms with E-state index in [0.29, 0.717) is 5.95 Å². The number of hydrogen-bond donors (Lipinski definition) is 1. The zero-order valence-electron chi connectivity index (χ0n) is 10.7. The molecule has 0 aliphatic carbocycles. The zero-order valence-corrected chi connectivity index (χ0v) is 10.7. The van der Waals surface area contributed by atoms with E-state index in [4.69, 9.17) is 0 Å². The van der Waals surface area contributed by atoms with Crippen LogP contribution in [0.15, 0.2) is 11.2 Å². The standard InChI is InChI=1S/C10H14N8/c1-6(2)11-12-9-13-15-10(16-14-9)18-8(4)5-7(3)17-18/h5H,1-4H3,(H,12,13,14). The van der Waals surface area contributed by atoms with Crippen molar-refractivity contribution in [3.05, 3.63) is 17.5 Å². The van der Waals surface area contributed by atoms with Crippen LogP contribution in [0.1, 0.15) is 25.2 Å². The highest BCUT2D eigenvalue weighted by atomic mass is 15.5. The van der Waals surface area contributed by atoms with Gasteiger partial charge in [-0.2, -0.15) is 10.2 Å². The summed E-state index contributed by atoms with van der Waals surface area (Å²) in [5, 5.41) is 23.8. The van der Waals surface area contributed by atoms with E-state index in [-0.39, 0.29) is 5.95 Å². The number of rotatable bonds is 3. The molecule has 0 aliphatic rings. The molecule has 0 radical (unpaired) electrons. The van der Waals surface area contributed by atoms with Crippen LogP contribution in [-0.4, -0.2) is 35.9 Å². The molecule has 8 nitrogen and oxygen atoms in total. The third-order valence-electron chi connectivity index (χ3n) is 2.05. The molecular weight excluding hydrogens is 232 g/mol. The van der Waals surface area contributed by atoms with Gasteiger partial charge in [0.05, 0.1) is 5.69 Å². The highest BCUT2D eigenvalue weighted by molar-refractivity contribution is 5.79. The minimum atomic E-state index is 0.251. The van der Waals surface area contributed by atoms with Gasteiger partial charge in [0.15, 0.2) is 0 Å². The normalized spacial score (nSPS) is 10.2. The highest BCUT2D eigenvalue weighted by Crippen LogP contribution is 2.06. The molecule has 0 aliphatic heterocycles. The van der Waals surface area contributed by atoms with Crippen molar-refractivity contribution < 1.29 is 0 Å². The average Bonchev–Trinajstić information content (AvgIpc) is 2.66. The lowest BCUT2D eigenvalue weighted by atomic mass is 10.4. The van der Waals surface area contributed by atoms with Crippen molar-refractivity contribution in [1.29, 1.82) is 0 Å². The molecule has 2 aromatic heterocycles. The number of anilines is 1. The summed E-state index contributed by atoms with van der Waals surface area (Å²) >= 11 is 0. The second-order valence-corrected chi connectivity index (χ2v) is 4.03. The highest BCUT2D eigenvalue weighted by Gasteiger charge is 2.07. The van der Waals surface area contributed by atoms with Crippen molar-refractivity contribution in [1.82, 2.24) is 30.2 Å². The fourth-order valence-corrected chi connectivity index (χ4v) is 1.35. The molecule has 2 aromatic rings. The Morgan fingerprint density at radius 1 is 1.17 bits per heavy atom. The molecule has 0 saturated carbocycles. The summed E-state index contributed by atoms with van der Waals surface area (Å²) in [6, 6.07) is 1.93. The Morgan fingerprint density at radius 2 is 1.83 bits per heavy atom. The van der Waals surface area contributed by atoms with Crippen LogP contribution in [0, 0.1) is 13.8 Å². The molecule has 8 heteroatoms. The zero-order chi connectivity index (χ0) is 13.1. The smallest absolute Gasteiger partial charge is 0.243 e. The number of hydrazone groups is 1. The maximum Gasteiger partial charge on any atom is 0.289 e. The molecule has 18 heavy (non-hydrogen) atoms. The Kier molecular flexibility index (Phi) is 3.26. The Morgan fingerprint density at radius 3 is 2.33 bits per heavy atom. The molecule has 0 unspecified atom stereocenters. The van der Waals surface area contributed by atoms with Crippen molar-refractivity contribution in [2.45, 2.75) is 27.7 Å². The van der Waals surface area contributed by atoms with Crippen molar-refractivity contribution >= 4 is 11.7 Å². The van der Waals surface area contributed by atoms with Gasteiger partial charge in [0.1, 0.15) is 0 Å².